The maximum absolute atomic E-state index is 5.34. The van der Waals surface area contributed by atoms with E-state index in [1.165, 1.54) is 0 Å². The molecule has 21 heavy (non-hydrogen) atoms. The van der Waals surface area contributed by atoms with E-state index < -0.39 is 0 Å². The highest BCUT2D eigenvalue weighted by Crippen LogP contribution is 2.40. The highest BCUT2D eigenvalue weighted by molar-refractivity contribution is 7.98. The monoisotopic (exact) mass is 306 g/mol. The molecule has 1 aromatic carbocycles. The van der Waals surface area contributed by atoms with Crippen molar-refractivity contribution in [1.29, 1.82) is 0 Å². The average molecular weight is 306 g/mol. The van der Waals surface area contributed by atoms with E-state index in [0.29, 0.717) is 17.2 Å². The number of rotatable bonds is 6. The van der Waals surface area contributed by atoms with E-state index in [4.69, 9.17) is 14.2 Å². The molecular weight excluding hydrogens is 288 g/mol. The minimum absolute atomic E-state index is 0.574. The van der Waals surface area contributed by atoms with Crippen molar-refractivity contribution in [3.63, 3.8) is 0 Å². The van der Waals surface area contributed by atoms with E-state index in [1.54, 1.807) is 39.3 Å². The predicted octanol–water partition coefficient (Wildman–Crippen LogP) is 3.57. The molecule has 2 rings (SSSR count). The van der Waals surface area contributed by atoms with Gasteiger partial charge in [0.15, 0.2) is 11.5 Å². The van der Waals surface area contributed by atoms with Gasteiger partial charge in [-0.1, -0.05) is 0 Å². The third kappa shape index (κ3) is 3.52. The van der Waals surface area contributed by atoms with Gasteiger partial charge in [0.2, 0.25) is 5.75 Å². The first-order chi connectivity index (χ1) is 10.2. The van der Waals surface area contributed by atoms with E-state index in [1.807, 2.05) is 30.5 Å². The van der Waals surface area contributed by atoms with Crippen LogP contribution >= 0.6 is 11.8 Å². The Morgan fingerprint density at radius 2 is 1.62 bits per heavy atom. The lowest BCUT2D eigenvalue weighted by atomic mass is 10.2. The lowest BCUT2D eigenvalue weighted by molar-refractivity contribution is 0.324. The van der Waals surface area contributed by atoms with Gasteiger partial charge in [0.05, 0.1) is 26.4 Å². The van der Waals surface area contributed by atoms with Crippen LogP contribution < -0.4 is 19.5 Å². The first-order valence-corrected chi connectivity index (χ1v) is 7.51. The maximum atomic E-state index is 5.34. The second-order valence-corrected chi connectivity index (χ2v) is 4.95. The number of benzene rings is 1. The summed E-state index contributed by atoms with van der Waals surface area (Å²) >= 11 is 1.59. The number of pyridine rings is 1. The van der Waals surface area contributed by atoms with Crippen LogP contribution in [0.3, 0.4) is 0 Å². The van der Waals surface area contributed by atoms with Crippen molar-refractivity contribution in [2.45, 2.75) is 5.03 Å². The van der Waals surface area contributed by atoms with Crippen LogP contribution in [0.15, 0.2) is 35.5 Å². The van der Waals surface area contributed by atoms with Crippen LogP contribution in [0.4, 0.5) is 11.4 Å². The number of nitrogens with zero attached hydrogens (tertiary/aromatic N) is 1. The molecule has 0 bridgehead atoms. The van der Waals surface area contributed by atoms with Gasteiger partial charge in [-0.25, -0.2) is 4.98 Å². The van der Waals surface area contributed by atoms with Gasteiger partial charge >= 0.3 is 0 Å². The quantitative estimate of drug-likeness (QED) is 0.823. The number of hydrogen-bond donors (Lipinski definition) is 1. The molecule has 0 saturated carbocycles. The molecule has 0 unspecified atom stereocenters. The smallest absolute Gasteiger partial charge is 0.203 e. The molecule has 0 aliphatic rings. The van der Waals surface area contributed by atoms with Crippen LogP contribution in [-0.4, -0.2) is 32.6 Å². The molecule has 0 aliphatic carbocycles. The average Bonchev–Trinajstić information content (AvgIpc) is 2.53. The molecule has 0 saturated heterocycles. The van der Waals surface area contributed by atoms with Crippen LogP contribution in [-0.2, 0) is 0 Å². The van der Waals surface area contributed by atoms with Crippen LogP contribution in [0, 0.1) is 0 Å². The molecular formula is C15H18N2O3S. The van der Waals surface area contributed by atoms with Crippen molar-refractivity contribution in [3.05, 3.63) is 30.5 Å². The van der Waals surface area contributed by atoms with Crippen LogP contribution in [0.2, 0.25) is 0 Å². The summed E-state index contributed by atoms with van der Waals surface area (Å²) in [5.41, 5.74) is 1.80. The zero-order valence-corrected chi connectivity index (χ0v) is 13.3. The number of thioether (sulfide) groups is 1. The molecule has 0 spiro atoms. The second-order valence-electron chi connectivity index (χ2n) is 4.13. The molecule has 0 amide bonds. The Kier molecular flexibility index (Phi) is 5.16. The summed E-state index contributed by atoms with van der Waals surface area (Å²) in [5, 5.41) is 4.26. The van der Waals surface area contributed by atoms with Crippen molar-refractivity contribution in [2.75, 3.05) is 32.9 Å². The number of nitrogens with one attached hydrogen (secondary N) is 1. The van der Waals surface area contributed by atoms with Crippen molar-refractivity contribution in [2.24, 2.45) is 0 Å². The first kappa shape index (κ1) is 15.3. The molecule has 5 nitrogen and oxygen atoms in total. The van der Waals surface area contributed by atoms with Crippen LogP contribution in [0.1, 0.15) is 0 Å². The van der Waals surface area contributed by atoms with Crippen LogP contribution in [0.5, 0.6) is 17.2 Å². The first-order valence-electron chi connectivity index (χ1n) is 6.29. The van der Waals surface area contributed by atoms with E-state index in [0.717, 1.165) is 16.4 Å². The molecule has 0 fully saturated rings. The standard InChI is InChI=1S/C15H18N2O3S/c1-18-12-7-11(8-13(19-2)15(12)20-3)17-10-5-6-16-14(9-10)21-4/h5-9H,1-4H3,(H,16,17). The van der Waals surface area contributed by atoms with Gasteiger partial charge in [0.1, 0.15) is 0 Å². The zero-order chi connectivity index (χ0) is 15.2. The summed E-state index contributed by atoms with van der Waals surface area (Å²) in [6, 6.07) is 7.61. The Morgan fingerprint density at radius 1 is 0.952 bits per heavy atom. The fourth-order valence-electron chi connectivity index (χ4n) is 1.92. The van der Waals surface area contributed by atoms with Crippen molar-refractivity contribution in [3.8, 4) is 17.2 Å². The summed E-state index contributed by atoms with van der Waals surface area (Å²) in [5.74, 6) is 1.79. The van der Waals surface area contributed by atoms with Gasteiger partial charge in [-0.05, 0) is 18.4 Å². The summed E-state index contributed by atoms with van der Waals surface area (Å²) in [4.78, 5) is 4.25. The summed E-state index contributed by atoms with van der Waals surface area (Å²) < 4.78 is 16.0. The zero-order valence-electron chi connectivity index (χ0n) is 12.5. The highest BCUT2D eigenvalue weighted by atomic mass is 32.2. The summed E-state index contributed by atoms with van der Waals surface area (Å²) in [7, 11) is 4.78. The summed E-state index contributed by atoms with van der Waals surface area (Å²) in [6.45, 7) is 0. The lowest BCUT2D eigenvalue weighted by Crippen LogP contribution is -1.98. The molecule has 112 valence electrons. The number of hydrogen-bond acceptors (Lipinski definition) is 6. The van der Waals surface area contributed by atoms with E-state index in [9.17, 15) is 0 Å². The molecule has 1 N–H and O–H groups in total. The Hall–Kier alpha value is -2.08. The van der Waals surface area contributed by atoms with Gasteiger partial charge in [-0.2, -0.15) is 0 Å². The molecule has 6 heteroatoms. The van der Waals surface area contributed by atoms with Gasteiger partial charge < -0.3 is 19.5 Å². The van der Waals surface area contributed by atoms with E-state index >= 15 is 0 Å². The van der Waals surface area contributed by atoms with Gasteiger partial charge in [-0.3, -0.25) is 0 Å². The number of anilines is 2. The topological polar surface area (TPSA) is 52.6 Å². The summed E-state index contributed by atoms with van der Waals surface area (Å²) in [6.07, 6.45) is 3.76. The number of aromatic nitrogens is 1. The molecule has 1 aromatic heterocycles. The number of ether oxygens (including phenoxy) is 3. The Labute approximate surface area is 128 Å². The molecule has 0 aliphatic heterocycles. The van der Waals surface area contributed by atoms with Crippen molar-refractivity contribution in [1.82, 2.24) is 4.98 Å². The van der Waals surface area contributed by atoms with E-state index in [-0.39, 0.29) is 0 Å². The molecule has 1 heterocycles. The fraction of sp³-hybridized carbons (Fsp3) is 0.267. The lowest BCUT2D eigenvalue weighted by Gasteiger charge is -2.15. The Bertz CT molecular complexity index is 595. The van der Waals surface area contributed by atoms with Gasteiger partial charge in [-0.15, -0.1) is 11.8 Å². The minimum atomic E-state index is 0.574. The number of methoxy groups -OCH3 is 3. The molecule has 0 atom stereocenters. The second kappa shape index (κ2) is 7.08. The van der Waals surface area contributed by atoms with E-state index in [2.05, 4.69) is 10.3 Å². The van der Waals surface area contributed by atoms with Crippen molar-refractivity contribution < 1.29 is 14.2 Å². The largest absolute Gasteiger partial charge is 0.493 e. The fourth-order valence-corrected chi connectivity index (χ4v) is 2.33. The van der Waals surface area contributed by atoms with Crippen molar-refractivity contribution >= 4 is 23.1 Å². The Balaban J connectivity index is 2.35. The molecule has 2 aromatic rings. The third-order valence-corrected chi connectivity index (χ3v) is 3.54. The maximum Gasteiger partial charge on any atom is 0.203 e. The van der Waals surface area contributed by atoms with Crippen LogP contribution in [0.25, 0.3) is 0 Å². The van der Waals surface area contributed by atoms with Gasteiger partial charge in [0, 0.05) is 29.7 Å². The normalized spacial score (nSPS) is 10.1. The minimum Gasteiger partial charge on any atom is -0.493 e. The Morgan fingerprint density at radius 3 is 2.14 bits per heavy atom. The predicted molar refractivity (Wildman–Crippen MR) is 85.4 cm³/mol. The molecule has 0 radical (unpaired) electrons. The SMILES string of the molecule is COc1cc(Nc2ccnc(SC)c2)cc(OC)c1OC. The third-order valence-electron chi connectivity index (χ3n) is 2.90. The highest BCUT2D eigenvalue weighted by Gasteiger charge is 2.13. The van der Waals surface area contributed by atoms with Gasteiger partial charge in [0.25, 0.3) is 0 Å².